The van der Waals surface area contributed by atoms with Gasteiger partial charge in [-0.05, 0) is 35.4 Å². The minimum Gasteiger partial charge on any atom is -0.495 e. The molecule has 2 N–H and O–H groups in total. The molecular formula is C20H28N2O4. The number of hydrogen-bond donors (Lipinski definition) is 2. The second-order valence-corrected chi connectivity index (χ2v) is 4.35. The zero-order valence-corrected chi connectivity index (χ0v) is 16.3. The van der Waals surface area contributed by atoms with Crippen LogP contribution in [0, 0.1) is 0 Å². The fraction of sp³-hybridized carbons (Fsp3) is 0.300. The number of rotatable bonds is 7. The summed E-state index contributed by atoms with van der Waals surface area (Å²) < 4.78 is 10.5. The van der Waals surface area contributed by atoms with Crippen LogP contribution in [0.1, 0.15) is 27.7 Å². The van der Waals surface area contributed by atoms with Gasteiger partial charge in [0, 0.05) is 0 Å². The lowest BCUT2D eigenvalue weighted by atomic mass is 10.0. The van der Waals surface area contributed by atoms with E-state index in [0.717, 1.165) is 11.1 Å². The number of carbonyl (C=O) groups is 2. The molecule has 0 saturated heterocycles. The molecule has 2 amide bonds. The van der Waals surface area contributed by atoms with Gasteiger partial charge in [-0.15, -0.1) is 0 Å². The summed E-state index contributed by atoms with van der Waals surface area (Å²) in [7, 11) is 3.07. The van der Waals surface area contributed by atoms with Crippen molar-refractivity contribution >= 4 is 24.2 Å². The molecule has 2 rings (SSSR count). The molecule has 2 aromatic rings. The van der Waals surface area contributed by atoms with E-state index < -0.39 is 0 Å². The Labute approximate surface area is 155 Å². The number of benzene rings is 2. The Morgan fingerprint density at radius 2 is 1.04 bits per heavy atom. The van der Waals surface area contributed by atoms with Crippen LogP contribution in [0.5, 0.6) is 11.5 Å². The van der Waals surface area contributed by atoms with Crippen molar-refractivity contribution in [1.29, 1.82) is 0 Å². The van der Waals surface area contributed by atoms with Crippen LogP contribution < -0.4 is 20.1 Å². The monoisotopic (exact) mass is 360 g/mol. The van der Waals surface area contributed by atoms with Crippen LogP contribution in [0.2, 0.25) is 0 Å². The summed E-state index contributed by atoms with van der Waals surface area (Å²) in [6.45, 7) is 8.00. The van der Waals surface area contributed by atoms with Crippen molar-refractivity contribution in [2.24, 2.45) is 0 Å². The highest BCUT2D eigenvalue weighted by atomic mass is 16.5. The van der Waals surface area contributed by atoms with Gasteiger partial charge in [0.25, 0.3) is 0 Å². The highest BCUT2D eigenvalue weighted by Gasteiger charge is 2.09. The summed E-state index contributed by atoms with van der Waals surface area (Å²) in [6.07, 6.45) is 1.20. The van der Waals surface area contributed by atoms with Gasteiger partial charge >= 0.3 is 0 Å². The van der Waals surface area contributed by atoms with E-state index in [-0.39, 0.29) is 0 Å². The zero-order valence-electron chi connectivity index (χ0n) is 16.3. The quantitative estimate of drug-likeness (QED) is 0.710. The Balaban J connectivity index is 0.00000146. The molecule has 0 radical (unpaired) electrons. The number of nitrogens with one attached hydrogen (secondary N) is 2. The predicted molar refractivity (Wildman–Crippen MR) is 107 cm³/mol. The molecule has 6 heteroatoms. The Kier molecular flexibility index (Phi) is 11.7. The number of carbonyl (C=O) groups excluding carboxylic acids is 2. The van der Waals surface area contributed by atoms with Gasteiger partial charge in [0.1, 0.15) is 11.5 Å². The van der Waals surface area contributed by atoms with Crippen LogP contribution >= 0.6 is 0 Å². The highest BCUT2D eigenvalue weighted by Crippen LogP contribution is 2.34. The first kappa shape index (κ1) is 23.0. The van der Waals surface area contributed by atoms with Crippen LogP contribution in [0.4, 0.5) is 11.4 Å². The van der Waals surface area contributed by atoms with Gasteiger partial charge in [-0.3, -0.25) is 9.59 Å². The smallest absolute Gasteiger partial charge is 0.211 e. The predicted octanol–water partition coefficient (Wildman–Crippen LogP) is 4.56. The molecule has 142 valence electrons. The second kappa shape index (κ2) is 13.3. The van der Waals surface area contributed by atoms with Crippen LogP contribution in [0.3, 0.4) is 0 Å². The third kappa shape index (κ3) is 6.12. The van der Waals surface area contributed by atoms with Crippen molar-refractivity contribution in [2.75, 3.05) is 24.9 Å². The van der Waals surface area contributed by atoms with Gasteiger partial charge in [-0.1, -0.05) is 39.8 Å². The van der Waals surface area contributed by atoms with E-state index in [1.807, 2.05) is 52.0 Å². The molecule has 0 fully saturated rings. The number of hydrogen-bond acceptors (Lipinski definition) is 4. The lowest BCUT2D eigenvalue weighted by Gasteiger charge is -2.12. The van der Waals surface area contributed by atoms with E-state index in [4.69, 9.17) is 9.47 Å². The Morgan fingerprint density at radius 3 is 1.31 bits per heavy atom. The van der Waals surface area contributed by atoms with Crippen LogP contribution in [0.25, 0.3) is 11.1 Å². The first-order chi connectivity index (χ1) is 12.7. The second-order valence-electron chi connectivity index (χ2n) is 4.35. The van der Waals surface area contributed by atoms with Crippen molar-refractivity contribution in [2.45, 2.75) is 27.7 Å². The fourth-order valence-corrected chi connectivity index (χ4v) is 2.11. The normalized spacial score (nSPS) is 8.69. The fourth-order valence-electron chi connectivity index (χ4n) is 2.11. The number of amides is 2. The molecule has 0 saturated carbocycles. The molecule has 0 bridgehead atoms. The number of ether oxygens (including phenoxy) is 2. The molecule has 26 heavy (non-hydrogen) atoms. The van der Waals surface area contributed by atoms with E-state index in [9.17, 15) is 9.59 Å². The zero-order chi connectivity index (χ0) is 19.9. The summed E-state index contributed by atoms with van der Waals surface area (Å²) in [4.78, 5) is 21.1. The van der Waals surface area contributed by atoms with Crippen molar-refractivity contribution in [3.63, 3.8) is 0 Å². The molecule has 0 spiro atoms. The third-order valence-electron chi connectivity index (χ3n) is 3.17. The number of anilines is 2. The Morgan fingerprint density at radius 1 is 0.692 bits per heavy atom. The molecule has 0 aromatic heterocycles. The van der Waals surface area contributed by atoms with Crippen LogP contribution in [0.15, 0.2) is 36.4 Å². The average molecular weight is 360 g/mol. The van der Waals surface area contributed by atoms with E-state index in [1.165, 1.54) is 14.2 Å². The van der Waals surface area contributed by atoms with E-state index in [2.05, 4.69) is 10.6 Å². The van der Waals surface area contributed by atoms with Crippen molar-refractivity contribution < 1.29 is 19.1 Å². The molecule has 0 unspecified atom stereocenters. The van der Waals surface area contributed by atoms with Gasteiger partial charge in [0.15, 0.2) is 0 Å². The maximum Gasteiger partial charge on any atom is 0.211 e. The van der Waals surface area contributed by atoms with E-state index in [0.29, 0.717) is 35.7 Å². The first-order valence-electron chi connectivity index (χ1n) is 8.50. The topological polar surface area (TPSA) is 76.7 Å². The van der Waals surface area contributed by atoms with Crippen molar-refractivity contribution in [1.82, 2.24) is 0 Å². The minimum absolute atomic E-state index is 0.554. The van der Waals surface area contributed by atoms with Gasteiger partial charge in [-0.2, -0.15) is 0 Å². The average Bonchev–Trinajstić information content (AvgIpc) is 2.72. The summed E-state index contributed by atoms with van der Waals surface area (Å²) in [5, 5.41) is 5.15. The summed E-state index contributed by atoms with van der Waals surface area (Å²) in [5.74, 6) is 1.11. The Hall–Kier alpha value is -3.02. The molecule has 6 nitrogen and oxygen atoms in total. The highest BCUT2D eigenvalue weighted by molar-refractivity contribution is 5.81. The van der Waals surface area contributed by atoms with Gasteiger partial charge in [0.05, 0.1) is 25.6 Å². The first-order valence-corrected chi connectivity index (χ1v) is 8.50. The van der Waals surface area contributed by atoms with Crippen LogP contribution in [-0.4, -0.2) is 27.0 Å². The van der Waals surface area contributed by atoms with Gasteiger partial charge in [-0.25, -0.2) is 0 Å². The molecule has 0 heterocycles. The largest absolute Gasteiger partial charge is 0.495 e. The lowest BCUT2D eigenvalue weighted by Crippen LogP contribution is -1.98. The van der Waals surface area contributed by atoms with Crippen molar-refractivity contribution in [3.8, 4) is 22.6 Å². The third-order valence-corrected chi connectivity index (χ3v) is 3.17. The lowest BCUT2D eigenvalue weighted by molar-refractivity contribution is -0.106. The maximum atomic E-state index is 10.6. The minimum atomic E-state index is 0.554. The standard InChI is InChI=1S/C16H16N2O4.2C2H6/c1-21-15-7-11(3-5-13(15)17-9-19)12-4-6-14(18-10-20)16(8-12)22-2;2*1-2/h3-10H,1-2H3,(H,17,19)(H,18,20);2*1-2H3. The van der Waals surface area contributed by atoms with Gasteiger partial charge in [0.2, 0.25) is 12.8 Å². The number of methoxy groups -OCH3 is 2. The molecular weight excluding hydrogens is 332 g/mol. The Bertz CT molecular complexity index is 628. The summed E-state index contributed by atoms with van der Waals surface area (Å²) in [5.41, 5.74) is 2.97. The summed E-state index contributed by atoms with van der Waals surface area (Å²) >= 11 is 0. The van der Waals surface area contributed by atoms with Gasteiger partial charge < -0.3 is 20.1 Å². The molecule has 0 aliphatic rings. The molecule has 0 aliphatic heterocycles. The van der Waals surface area contributed by atoms with E-state index in [1.54, 1.807) is 12.1 Å². The van der Waals surface area contributed by atoms with E-state index >= 15 is 0 Å². The molecule has 0 atom stereocenters. The molecule has 0 aliphatic carbocycles. The maximum absolute atomic E-state index is 10.6. The van der Waals surface area contributed by atoms with Crippen LogP contribution in [-0.2, 0) is 9.59 Å². The SMILES string of the molecule is CC.CC.COc1cc(-c2ccc(NC=O)c(OC)c2)ccc1NC=O. The molecule has 2 aromatic carbocycles. The summed E-state index contributed by atoms with van der Waals surface area (Å²) in [6, 6.07) is 10.9. The van der Waals surface area contributed by atoms with Crippen molar-refractivity contribution in [3.05, 3.63) is 36.4 Å².